The van der Waals surface area contributed by atoms with E-state index >= 15 is 0 Å². The van der Waals surface area contributed by atoms with Crippen molar-refractivity contribution in [3.05, 3.63) is 181 Å². The van der Waals surface area contributed by atoms with Gasteiger partial charge in [-0.3, -0.25) is 0 Å². The van der Waals surface area contributed by atoms with E-state index in [1.54, 1.807) is 11.1 Å². The Morgan fingerprint density at radius 2 is 0.839 bits per heavy atom. The van der Waals surface area contributed by atoms with E-state index in [4.69, 9.17) is 0 Å². The molecule has 9 aromatic carbocycles. The van der Waals surface area contributed by atoms with Crippen LogP contribution in [0.1, 0.15) is 43.2 Å². The van der Waals surface area contributed by atoms with Gasteiger partial charge >= 0.3 is 0 Å². The Balaban J connectivity index is 1.08. The lowest BCUT2D eigenvalue weighted by molar-refractivity contribution is -0.0399. The molecule has 0 heteroatoms. The second-order valence-electron chi connectivity index (χ2n) is 17.6. The van der Waals surface area contributed by atoms with E-state index in [1.807, 2.05) is 0 Å². The molecule has 0 aliphatic heterocycles. The van der Waals surface area contributed by atoms with Crippen LogP contribution in [0.4, 0.5) is 0 Å². The largest absolute Gasteiger partial charge is 0.0622 e. The summed E-state index contributed by atoms with van der Waals surface area (Å²) in [5.41, 5.74) is 14.2. The van der Waals surface area contributed by atoms with Crippen LogP contribution in [0.25, 0.3) is 87.6 Å². The Morgan fingerprint density at radius 3 is 1.50 bits per heavy atom. The van der Waals surface area contributed by atoms with Crippen molar-refractivity contribution < 1.29 is 0 Å². The first-order valence-electron chi connectivity index (χ1n) is 20.9. The normalized spacial score (nSPS) is 23.1. The van der Waals surface area contributed by atoms with Gasteiger partial charge in [0.2, 0.25) is 0 Å². The highest BCUT2D eigenvalue weighted by molar-refractivity contribution is 6.24. The fourth-order valence-electron chi connectivity index (χ4n) is 13.2. The van der Waals surface area contributed by atoms with Crippen molar-refractivity contribution in [2.45, 2.75) is 37.5 Å². The minimum absolute atomic E-state index is 0.100. The molecule has 14 rings (SSSR count). The Bertz CT molecular complexity index is 3010. The molecule has 0 saturated heterocycles. The summed E-state index contributed by atoms with van der Waals surface area (Å²) in [6.45, 7) is 0. The Labute approximate surface area is 328 Å². The van der Waals surface area contributed by atoms with Crippen molar-refractivity contribution >= 4 is 43.1 Å². The van der Waals surface area contributed by atoms with Gasteiger partial charge in [-0.25, -0.2) is 0 Å². The van der Waals surface area contributed by atoms with Gasteiger partial charge in [-0.2, -0.15) is 0 Å². The summed E-state index contributed by atoms with van der Waals surface area (Å²) in [7, 11) is 0. The summed E-state index contributed by atoms with van der Waals surface area (Å²) in [6.07, 6.45) is 7.02. The molecule has 4 bridgehead atoms. The summed E-state index contributed by atoms with van der Waals surface area (Å²) in [6, 6.07) is 64.9. The third kappa shape index (κ3) is 4.09. The predicted octanol–water partition coefficient (Wildman–Crippen LogP) is 15.0. The molecule has 9 aromatic rings. The fourth-order valence-corrected chi connectivity index (χ4v) is 13.2. The van der Waals surface area contributed by atoms with Crippen LogP contribution in [0.15, 0.2) is 170 Å². The van der Waals surface area contributed by atoms with Crippen LogP contribution >= 0.6 is 0 Å². The second-order valence-corrected chi connectivity index (χ2v) is 17.6. The van der Waals surface area contributed by atoms with Gasteiger partial charge < -0.3 is 0 Å². The van der Waals surface area contributed by atoms with E-state index in [-0.39, 0.29) is 5.41 Å². The Kier molecular flexibility index (Phi) is 6.43. The number of fused-ring (bicyclic) bond motifs is 8. The van der Waals surface area contributed by atoms with Crippen LogP contribution in [-0.4, -0.2) is 0 Å². The highest BCUT2D eigenvalue weighted by atomic mass is 14.6. The first kappa shape index (κ1) is 31.2. The van der Waals surface area contributed by atoms with Crippen LogP contribution in [0.3, 0.4) is 0 Å². The number of benzene rings is 9. The molecular formula is C56H42. The lowest BCUT2D eigenvalue weighted by atomic mass is 9.43. The number of hydrogen-bond donors (Lipinski definition) is 0. The van der Waals surface area contributed by atoms with Crippen LogP contribution < -0.4 is 0 Å². The highest BCUT2D eigenvalue weighted by Gasteiger charge is 2.61. The monoisotopic (exact) mass is 714 g/mol. The smallest absolute Gasteiger partial charge is 0.0272 e. The molecule has 0 heterocycles. The van der Waals surface area contributed by atoms with Gasteiger partial charge in [0.05, 0.1) is 0 Å². The van der Waals surface area contributed by atoms with Gasteiger partial charge in [-0.05, 0) is 161 Å². The molecule has 4 fully saturated rings. The summed E-state index contributed by atoms with van der Waals surface area (Å²) in [5, 5.41) is 10.7. The van der Waals surface area contributed by atoms with Crippen LogP contribution in [0, 0.1) is 23.7 Å². The Hall–Kier alpha value is -5.98. The maximum atomic E-state index is 2.70. The molecule has 0 atom stereocenters. The lowest BCUT2D eigenvalue weighted by Gasteiger charge is -2.61. The summed E-state index contributed by atoms with van der Waals surface area (Å²) in [4.78, 5) is 0. The van der Waals surface area contributed by atoms with Gasteiger partial charge in [-0.1, -0.05) is 164 Å². The third-order valence-corrected chi connectivity index (χ3v) is 15.0. The topological polar surface area (TPSA) is 0 Å². The van der Waals surface area contributed by atoms with Crippen LogP contribution in [0.2, 0.25) is 0 Å². The van der Waals surface area contributed by atoms with E-state index in [0.717, 1.165) is 23.7 Å². The molecule has 5 aliphatic rings. The molecule has 0 radical (unpaired) electrons. The van der Waals surface area contributed by atoms with Crippen LogP contribution in [-0.2, 0) is 5.41 Å². The zero-order chi connectivity index (χ0) is 36.5. The predicted molar refractivity (Wildman–Crippen MR) is 236 cm³/mol. The van der Waals surface area contributed by atoms with E-state index in [1.165, 1.54) is 120 Å². The third-order valence-electron chi connectivity index (χ3n) is 15.0. The molecular weight excluding hydrogens is 673 g/mol. The molecule has 0 amide bonds. The van der Waals surface area contributed by atoms with Crippen LogP contribution in [0.5, 0.6) is 0 Å². The van der Waals surface area contributed by atoms with Gasteiger partial charge in [0.1, 0.15) is 0 Å². The van der Waals surface area contributed by atoms with Gasteiger partial charge in [0.15, 0.2) is 0 Å². The van der Waals surface area contributed by atoms with Crippen molar-refractivity contribution in [2.75, 3.05) is 0 Å². The first-order valence-corrected chi connectivity index (χ1v) is 20.9. The fraction of sp³-hybridized carbons (Fsp3) is 0.179. The second kappa shape index (κ2) is 11.5. The Morgan fingerprint density at radius 1 is 0.321 bits per heavy atom. The van der Waals surface area contributed by atoms with Crippen molar-refractivity contribution in [1.82, 2.24) is 0 Å². The first-order chi connectivity index (χ1) is 27.8. The van der Waals surface area contributed by atoms with E-state index < -0.39 is 0 Å². The SMILES string of the molecule is c1ccc(-c2ccc(-c3c4ccccc4c(-c4ccc5c(c4)C4(c6ccc7ccccc7c6-5)C5CC6CC(C5)CC4C6)c4ccccc34)c3ccccc23)cc1. The van der Waals surface area contributed by atoms with Crippen molar-refractivity contribution in [3.63, 3.8) is 0 Å². The maximum Gasteiger partial charge on any atom is 0.0272 e. The summed E-state index contributed by atoms with van der Waals surface area (Å²) >= 11 is 0. The molecule has 4 saturated carbocycles. The molecule has 0 aromatic heterocycles. The molecule has 5 aliphatic carbocycles. The minimum atomic E-state index is 0.100. The van der Waals surface area contributed by atoms with Gasteiger partial charge in [0, 0.05) is 5.41 Å². The van der Waals surface area contributed by atoms with E-state index in [2.05, 4.69) is 170 Å². The molecule has 56 heavy (non-hydrogen) atoms. The summed E-state index contributed by atoms with van der Waals surface area (Å²) in [5.74, 6) is 3.27. The van der Waals surface area contributed by atoms with Crippen molar-refractivity contribution in [1.29, 1.82) is 0 Å². The average Bonchev–Trinajstić information content (AvgIpc) is 3.55. The molecule has 1 spiro atoms. The van der Waals surface area contributed by atoms with Crippen molar-refractivity contribution in [3.8, 4) is 44.5 Å². The number of hydrogen-bond acceptors (Lipinski definition) is 0. The maximum absolute atomic E-state index is 2.70. The molecule has 266 valence electrons. The highest BCUT2D eigenvalue weighted by Crippen LogP contribution is 2.70. The molecule has 0 N–H and O–H groups in total. The standard InChI is InChI=1S/C56H42/c1-2-12-36(13-3-1)41-25-26-49(44-17-7-6-16-43(41)44)54-47-20-10-8-18-45(47)53(46-19-9-11-21-48(46)54)38-22-24-50-52(33-38)56(39-29-34-28-35(31-39)32-40(56)30-34)51-27-23-37-14-4-5-15-42(37)55(50)51/h1-27,33-35,39-40H,28-32H2. The van der Waals surface area contributed by atoms with E-state index in [9.17, 15) is 0 Å². The zero-order valence-electron chi connectivity index (χ0n) is 31.5. The lowest BCUT2D eigenvalue weighted by Crippen LogP contribution is -2.55. The quantitative estimate of drug-likeness (QED) is 0.160. The average molecular weight is 715 g/mol. The van der Waals surface area contributed by atoms with Gasteiger partial charge in [-0.15, -0.1) is 0 Å². The summed E-state index contributed by atoms with van der Waals surface area (Å²) < 4.78 is 0. The number of rotatable bonds is 3. The van der Waals surface area contributed by atoms with Crippen molar-refractivity contribution in [2.24, 2.45) is 23.7 Å². The minimum Gasteiger partial charge on any atom is -0.0622 e. The molecule has 0 nitrogen and oxygen atoms in total. The zero-order valence-corrected chi connectivity index (χ0v) is 31.5. The van der Waals surface area contributed by atoms with E-state index in [0.29, 0.717) is 0 Å². The molecule has 0 unspecified atom stereocenters. The van der Waals surface area contributed by atoms with Gasteiger partial charge in [0.25, 0.3) is 0 Å².